The van der Waals surface area contributed by atoms with Crippen molar-refractivity contribution in [2.24, 2.45) is 12.8 Å². The van der Waals surface area contributed by atoms with E-state index >= 15 is 0 Å². The van der Waals surface area contributed by atoms with Crippen LogP contribution in [0.15, 0.2) is 24.5 Å². The fourth-order valence-corrected chi connectivity index (χ4v) is 4.13. The molecule has 0 bridgehead atoms. The summed E-state index contributed by atoms with van der Waals surface area (Å²) in [6.45, 7) is 1.92. The van der Waals surface area contributed by atoms with Crippen LogP contribution in [0.1, 0.15) is 26.5 Å². The standard InChI is InChI=1S/C17H16N4O2S/c1-9-3-5-11(8-19-9)23-17-13-12(15(24-17)16(18)22)6-4-10-7-20-21(2)14(10)13/h3,5,7-8H,4,6H2,1-2H3,(H2,18,22). The molecular formula is C17H16N4O2S. The maximum Gasteiger partial charge on any atom is 0.259 e. The SMILES string of the molecule is Cc1ccc(Oc2sc(C(N)=O)c3c2-c2c(cnn2C)CC3)cn1. The number of thiophene rings is 1. The van der Waals surface area contributed by atoms with Gasteiger partial charge in [0.2, 0.25) is 0 Å². The summed E-state index contributed by atoms with van der Waals surface area (Å²) in [4.78, 5) is 16.7. The Hall–Kier alpha value is -2.67. The van der Waals surface area contributed by atoms with Crippen molar-refractivity contribution in [2.45, 2.75) is 19.8 Å². The molecule has 6 nitrogen and oxygen atoms in total. The smallest absolute Gasteiger partial charge is 0.259 e. The Morgan fingerprint density at radius 3 is 2.88 bits per heavy atom. The molecule has 0 radical (unpaired) electrons. The Morgan fingerprint density at radius 2 is 2.17 bits per heavy atom. The van der Waals surface area contributed by atoms with E-state index in [1.165, 1.54) is 11.3 Å². The second-order valence-electron chi connectivity index (χ2n) is 5.82. The first-order chi connectivity index (χ1) is 11.5. The Kier molecular flexibility index (Phi) is 3.38. The number of hydrogen-bond acceptors (Lipinski definition) is 5. The normalized spacial score (nSPS) is 12.6. The molecule has 3 aromatic heterocycles. The Balaban J connectivity index is 1.87. The van der Waals surface area contributed by atoms with Crippen molar-refractivity contribution in [3.8, 4) is 22.1 Å². The maximum atomic E-state index is 11.9. The van der Waals surface area contributed by atoms with E-state index in [9.17, 15) is 4.79 Å². The molecule has 24 heavy (non-hydrogen) atoms. The third-order valence-corrected chi connectivity index (χ3v) is 5.31. The van der Waals surface area contributed by atoms with E-state index in [2.05, 4.69) is 10.1 Å². The third-order valence-electron chi connectivity index (χ3n) is 4.19. The third kappa shape index (κ3) is 2.28. The Morgan fingerprint density at radius 1 is 1.33 bits per heavy atom. The van der Waals surface area contributed by atoms with Crippen molar-refractivity contribution in [1.29, 1.82) is 0 Å². The number of rotatable bonds is 3. The molecule has 4 rings (SSSR count). The first-order valence-corrected chi connectivity index (χ1v) is 8.43. The van der Waals surface area contributed by atoms with Crippen molar-refractivity contribution in [3.05, 3.63) is 46.2 Å². The summed E-state index contributed by atoms with van der Waals surface area (Å²) < 4.78 is 7.88. The number of nitrogens with zero attached hydrogens (tertiary/aromatic N) is 3. The van der Waals surface area contributed by atoms with E-state index in [4.69, 9.17) is 10.5 Å². The van der Waals surface area contributed by atoms with E-state index in [1.807, 2.05) is 37.0 Å². The highest BCUT2D eigenvalue weighted by molar-refractivity contribution is 7.16. The number of pyridine rings is 1. The van der Waals surface area contributed by atoms with E-state index in [0.717, 1.165) is 40.9 Å². The number of amides is 1. The summed E-state index contributed by atoms with van der Waals surface area (Å²) in [5, 5.41) is 5.01. The van der Waals surface area contributed by atoms with Crippen molar-refractivity contribution in [3.63, 3.8) is 0 Å². The minimum atomic E-state index is -0.418. The quantitative estimate of drug-likeness (QED) is 0.795. The second-order valence-corrected chi connectivity index (χ2v) is 6.80. The average Bonchev–Trinajstić information content (AvgIpc) is 3.11. The lowest BCUT2D eigenvalue weighted by molar-refractivity contribution is 0.100. The molecule has 0 aliphatic heterocycles. The molecular weight excluding hydrogens is 324 g/mol. The predicted octanol–water partition coefficient (Wildman–Crippen LogP) is 2.84. The molecule has 0 atom stereocenters. The highest BCUT2D eigenvalue weighted by atomic mass is 32.1. The molecule has 1 aliphatic carbocycles. The number of primary amides is 1. The van der Waals surface area contributed by atoms with Gasteiger partial charge >= 0.3 is 0 Å². The van der Waals surface area contributed by atoms with Gasteiger partial charge in [-0.2, -0.15) is 5.10 Å². The summed E-state index contributed by atoms with van der Waals surface area (Å²) in [6, 6.07) is 3.76. The molecule has 0 unspecified atom stereocenters. The summed E-state index contributed by atoms with van der Waals surface area (Å²) in [5.74, 6) is 0.216. The van der Waals surface area contributed by atoms with Gasteiger partial charge in [-0.25, -0.2) is 0 Å². The number of carbonyl (C=O) groups excluding carboxylic acids is 1. The summed E-state index contributed by atoms with van der Waals surface area (Å²) >= 11 is 1.29. The van der Waals surface area contributed by atoms with Crippen LogP contribution in [0, 0.1) is 6.92 Å². The summed E-state index contributed by atoms with van der Waals surface area (Å²) in [5.41, 5.74) is 10.5. The van der Waals surface area contributed by atoms with Crippen LogP contribution in [0.5, 0.6) is 10.8 Å². The zero-order valence-electron chi connectivity index (χ0n) is 13.4. The molecule has 0 aromatic carbocycles. The number of carbonyl (C=O) groups is 1. The molecule has 3 heterocycles. The molecule has 122 valence electrons. The Labute approximate surface area is 142 Å². The lowest BCUT2D eigenvalue weighted by Gasteiger charge is -2.16. The number of nitrogens with two attached hydrogens (primary N) is 1. The largest absolute Gasteiger partial charge is 0.444 e. The maximum absolute atomic E-state index is 11.9. The molecule has 0 fully saturated rings. The van der Waals surface area contributed by atoms with Gasteiger partial charge in [0.15, 0.2) is 5.06 Å². The van der Waals surface area contributed by atoms with Crippen LogP contribution in [-0.2, 0) is 19.9 Å². The number of hydrogen-bond donors (Lipinski definition) is 1. The van der Waals surface area contributed by atoms with Crippen LogP contribution >= 0.6 is 11.3 Å². The van der Waals surface area contributed by atoms with Crippen molar-refractivity contribution in [1.82, 2.24) is 14.8 Å². The van der Waals surface area contributed by atoms with E-state index in [-0.39, 0.29) is 0 Å². The summed E-state index contributed by atoms with van der Waals surface area (Å²) in [6.07, 6.45) is 5.16. The lowest BCUT2D eigenvalue weighted by Crippen LogP contribution is -2.13. The monoisotopic (exact) mass is 340 g/mol. The number of aryl methyl sites for hydroxylation is 3. The predicted molar refractivity (Wildman–Crippen MR) is 91.5 cm³/mol. The average molecular weight is 340 g/mol. The molecule has 7 heteroatoms. The summed E-state index contributed by atoms with van der Waals surface area (Å²) in [7, 11) is 1.90. The minimum absolute atomic E-state index is 0.418. The number of aromatic nitrogens is 3. The highest BCUT2D eigenvalue weighted by Gasteiger charge is 2.30. The van der Waals surface area contributed by atoms with Gasteiger partial charge in [0.1, 0.15) is 5.75 Å². The van der Waals surface area contributed by atoms with Gasteiger partial charge in [0.25, 0.3) is 5.91 Å². The number of ether oxygens (including phenoxy) is 1. The zero-order chi connectivity index (χ0) is 16.8. The molecule has 1 amide bonds. The van der Waals surface area contributed by atoms with Crippen LogP contribution in [-0.4, -0.2) is 20.7 Å². The van der Waals surface area contributed by atoms with E-state index < -0.39 is 5.91 Å². The fraction of sp³-hybridized carbons (Fsp3) is 0.235. The minimum Gasteiger partial charge on any atom is -0.444 e. The zero-order valence-corrected chi connectivity index (χ0v) is 14.2. The topological polar surface area (TPSA) is 83.0 Å². The van der Waals surface area contributed by atoms with Crippen LogP contribution in [0.2, 0.25) is 0 Å². The fourth-order valence-electron chi connectivity index (χ4n) is 3.06. The Bertz CT molecular complexity index is 940. The van der Waals surface area contributed by atoms with Gasteiger partial charge in [0.05, 0.1) is 28.5 Å². The second kappa shape index (κ2) is 5.45. The van der Waals surface area contributed by atoms with Crippen LogP contribution in [0.3, 0.4) is 0 Å². The molecule has 0 spiro atoms. The van der Waals surface area contributed by atoms with E-state index in [0.29, 0.717) is 15.7 Å². The molecule has 0 saturated carbocycles. The van der Waals surface area contributed by atoms with Gasteiger partial charge in [-0.15, -0.1) is 0 Å². The first kappa shape index (κ1) is 14.9. The molecule has 1 aliphatic rings. The first-order valence-electron chi connectivity index (χ1n) is 7.62. The molecule has 3 aromatic rings. The van der Waals surface area contributed by atoms with Crippen LogP contribution in [0.25, 0.3) is 11.3 Å². The van der Waals surface area contributed by atoms with E-state index in [1.54, 1.807) is 6.20 Å². The van der Waals surface area contributed by atoms with Crippen molar-refractivity contribution < 1.29 is 9.53 Å². The molecule has 2 N–H and O–H groups in total. The van der Waals surface area contributed by atoms with Gasteiger partial charge < -0.3 is 10.5 Å². The van der Waals surface area contributed by atoms with Crippen LogP contribution in [0.4, 0.5) is 0 Å². The number of fused-ring (bicyclic) bond motifs is 3. The van der Waals surface area contributed by atoms with Gasteiger partial charge in [-0.3, -0.25) is 14.5 Å². The molecule has 0 saturated heterocycles. The van der Waals surface area contributed by atoms with Gasteiger partial charge in [-0.05, 0) is 43.0 Å². The van der Waals surface area contributed by atoms with Gasteiger partial charge in [0, 0.05) is 12.7 Å². The van der Waals surface area contributed by atoms with Crippen molar-refractivity contribution in [2.75, 3.05) is 0 Å². The lowest BCUT2D eigenvalue weighted by atomic mass is 9.91. The van der Waals surface area contributed by atoms with Gasteiger partial charge in [-0.1, -0.05) is 11.3 Å². The van der Waals surface area contributed by atoms with Crippen LogP contribution < -0.4 is 10.5 Å². The highest BCUT2D eigenvalue weighted by Crippen LogP contribution is 2.48. The van der Waals surface area contributed by atoms with Crippen molar-refractivity contribution >= 4 is 17.2 Å².